The molecule has 0 saturated carbocycles. The van der Waals surface area contributed by atoms with Crippen molar-refractivity contribution in [1.82, 2.24) is 15.5 Å². The Bertz CT molecular complexity index is 627. The zero-order chi connectivity index (χ0) is 14.9. The summed E-state index contributed by atoms with van der Waals surface area (Å²) in [5.74, 6) is 0.436. The van der Waals surface area contributed by atoms with E-state index in [1.165, 1.54) is 12.1 Å². The third kappa shape index (κ3) is 3.57. The number of nitrogens with one attached hydrogen (secondary N) is 1. The highest BCUT2D eigenvalue weighted by Crippen LogP contribution is 2.31. The van der Waals surface area contributed by atoms with Crippen molar-refractivity contribution in [3.05, 3.63) is 35.7 Å². The molecule has 2 aromatic rings. The molecule has 1 aromatic heterocycles. The van der Waals surface area contributed by atoms with Crippen LogP contribution in [0.5, 0.6) is 0 Å². The van der Waals surface area contributed by atoms with Gasteiger partial charge in [-0.3, -0.25) is 0 Å². The molecule has 0 aliphatic carbocycles. The number of ether oxygens (including phenoxy) is 1. The molecule has 3 rings (SSSR count). The molecule has 9 heteroatoms. The molecule has 1 aromatic carbocycles. The van der Waals surface area contributed by atoms with Gasteiger partial charge >= 0.3 is 6.18 Å². The van der Waals surface area contributed by atoms with Gasteiger partial charge in [-0.15, -0.1) is 12.4 Å². The lowest BCUT2D eigenvalue weighted by atomic mass is 10.1. The molecule has 1 fully saturated rings. The van der Waals surface area contributed by atoms with E-state index in [4.69, 9.17) is 9.26 Å². The second-order valence-corrected chi connectivity index (χ2v) is 4.62. The predicted octanol–water partition coefficient (Wildman–Crippen LogP) is 2.84. The Morgan fingerprint density at radius 2 is 2.09 bits per heavy atom. The van der Waals surface area contributed by atoms with Crippen molar-refractivity contribution in [2.75, 3.05) is 19.8 Å². The van der Waals surface area contributed by atoms with Crippen LogP contribution in [-0.4, -0.2) is 29.9 Å². The monoisotopic (exact) mass is 335 g/mol. The Kier molecular flexibility index (Phi) is 5.05. The molecule has 1 unspecified atom stereocenters. The van der Waals surface area contributed by atoms with Crippen molar-refractivity contribution in [2.45, 2.75) is 12.2 Å². The fourth-order valence-electron chi connectivity index (χ4n) is 2.05. The molecule has 0 spiro atoms. The van der Waals surface area contributed by atoms with Gasteiger partial charge in [0.05, 0.1) is 18.8 Å². The summed E-state index contributed by atoms with van der Waals surface area (Å²) >= 11 is 0. The quantitative estimate of drug-likeness (QED) is 0.914. The van der Waals surface area contributed by atoms with Gasteiger partial charge in [-0.1, -0.05) is 17.3 Å². The van der Waals surface area contributed by atoms with Crippen LogP contribution < -0.4 is 5.32 Å². The number of hydrogen-bond acceptors (Lipinski definition) is 5. The highest BCUT2D eigenvalue weighted by atomic mass is 35.5. The van der Waals surface area contributed by atoms with E-state index in [2.05, 4.69) is 15.5 Å². The Morgan fingerprint density at radius 1 is 1.27 bits per heavy atom. The van der Waals surface area contributed by atoms with E-state index in [1.54, 1.807) is 0 Å². The molecule has 1 aliphatic rings. The lowest BCUT2D eigenvalue weighted by Crippen LogP contribution is -2.34. The first-order valence-electron chi connectivity index (χ1n) is 6.36. The first-order valence-corrected chi connectivity index (χ1v) is 6.36. The van der Waals surface area contributed by atoms with Gasteiger partial charge in [0.25, 0.3) is 0 Å². The summed E-state index contributed by atoms with van der Waals surface area (Å²) in [6, 6.07) is 4.59. The fourth-order valence-corrected chi connectivity index (χ4v) is 2.05. The van der Waals surface area contributed by atoms with Gasteiger partial charge in [-0.25, -0.2) is 0 Å². The lowest BCUT2D eigenvalue weighted by molar-refractivity contribution is -0.137. The maximum atomic E-state index is 12.7. The first kappa shape index (κ1) is 16.7. The van der Waals surface area contributed by atoms with Gasteiger partial charge in [-0.2, -0.15) is 18.2 Å². The minimum atomic E-state index is -4.40. The Labute approximate surface area is 130 Å². The van der Waals surface area contributed by atoms with E-state index >= 15 is 0 Å². The van der Waals surface area contributed by atoms with Crippen LogP contribution in [0.2, 0.25) is 0 Å². The van der Waals surface area contributed by atoms with Crippen molar-refractivity contribution in [2.24, 2.45) is 0 Å². The Morgan fingerprint density at radius 3 is 2.77 bits per heavy atom. The second kappa shape index (κ2) is 6.64. The molecule has 1 saturated heterocycles. The predicted molar refractivity (Wildman–Crippen MR) is 73.5 cm³/mol. The van der Waals surface area contributed by atoms with Crippen molar-refractivity contribution in [3.8, 4) is 11.4 Å². The van der Waals surface area contributed by atoms with Gasteiger partial charge in [-0.05, 0) is 12.1 Å². The summed E-state index contributed by atoms with van der Waals surface area (Å²) in [6.07, 6.45) is -4.40. The standard InChI is InChI=1S/C13H12F3N3O2.ClH/c14-13(15,16)9-3-1-2-8(6-9)11-18-12(21-19-11)10-7-20-5-4-17-10;/h1-3,6,10,17H,4-5,7H2;1H. The maximum Gasteiger partial charge on any atom is 0.416 e. The average Bonchev–Trinajstić information content (AvgIpc) is 2.97. The van der Waals surface area contributed by atoms with Crippen LogP contribution in [0.1, 0.15) is 17.5 Å². The minimum Gasteiger partial charge on any atom is -0.378 e. The van der Waals surface area contributed by atoms with Crippen LogP contribution in [0.3, 0.4) is 0 Å². The molecule has 0 radical (unpaired) electrons. The zero-order valence-corrected chi connectivity index (χ0v) is 12.1. The fraction of sp³-hybridized carbons (Fsp3) is 0.385. The number of halogens is 4. The third-order valence-corrected chi connectivity index (χ3v) is 3.11. The Hall–Kier alpha value is -1.64. The summed E-state index contributed by atoms with van der Waals surface area (Å²) in [6.45, 7) is 1.65. The van der Waals surface area contributed by atoms with Crippen molar-refractivity contribution >= 4 is 12.4 Å². The lowest BCUT2D eigenvalue weighted by Gasteiger charge is -2.20. The van der Waals surface area contributed by atoms with Crippen LogP contribution in [0.15, 0.2) is 28.8 Å². The Balaban J connectivity index is 0.00000176. The molecule has 1 N–H and O–H groups in total. The third-order valence-electron chi connectivity index (χ3n) is 3.11. The van der Waals surface area contributed by atoms with E-state index in [-0.39, 0.29) is 29.8 Å². The van der Waals surface area contributed by atoms with Crippen molar-refractivity contribution < 1.29 is 22.4 Å². The highest BCUT2D eigenvalue weighted by molar-refractivity contribution is 5.85. The number of rotatable bonds is 2. The van der Waals surface area contributed by atoms with Gasteiger partial charge in [0.2, 0.25) is 11.7 Å². The van der Waals surface area contributed by atoms with E-state index in [0.717, 1.165) is 12.1 Å². The molecule has 0 bridgehead atoms. The molecule has 5 nitrogen and oxygen atoms in total. The summed E-state index contributed by atoms with van der Waals surface area (Å²) in [4.78, 5) is 4.14. The summed E-state index contributed by atoms with van der Waals surface area (Å²) in [5, 5.41) is 6.87. The van der Waals surface area contributed by atoms with Gasteiger partial charge in [0, 0.05) is 12.1 Å². The summed E-state index contributed by atoms with van der Waals surface area (Å²) in [5.41, 5.74) is -0.484. The number of alkyl halides is 3. The largest absolute Gasteiger partial charge is 0.416 e. The molecule has 1 aliphatic heterocycles. The number of aromatic nitrogens is 2. The molecule has 22 heavy (non-hydrogen) atoms. The average molecular weight is 336 g/mol. The molecular formula is C13H13ClF3N3O2. The number of nitrogens with zero attached hydrogens (tertiary/aromatic N) is 2. The van der Waals surface area contributed by atoms with Gasteiger partial charge in [0.1, 0.15) is 6.04 Å². The molecule has 1 atom stereocenters. The van der Waals surface area contributed by atoms with Crippen LogP contribution in [-0.2, 0) is 10.9 Å². The highest BCUT2D eigenvalue weighted by Gasteiger charge is 2.31. The molecule has 0 amide bonds. The van der Waals surface area contributed by atoms with E-state index in [9.17, 15) is 13.2 Å². The maximum absolute atomic E-state index is 12.7. The number of benzene rings is 1. The normalized spacial score (nSPS) is 18.8. The van der Waals surface area contributed by atoms with Crippen LogP contribution in [0.4, 0.5) is 13.2 Å². The number of morpholine rings is 1. The van der Waals surface area contributed by atoms with E-state index in [1.807, 2.05) is 0 Å². The van der Waals surface area contributed by atoms with Gasteiger partial charge in [0.15, 0.2) is 0 Å². The van der Waals surface area contributed by atoms with Crippen LogP contribution in [0, 0.1) is 0 Å². The second-order valence-electron chi connectivity index (χ2n) is 4.62. The summed E-state index contributed by atoms with van der Waals surface area (Å²) < 4.78 is 48.4. The SMILES string of the molecule is Cl.FC(F)(F)c1cccc(-c2noc(C3COCCN3)n2)c1. The van der Waals surface area contributed by atoms with Crippen LogP contribution in [0.25, 0.3) is 11.4 Å². The molecule has 120 valence electrons. The van der Waals surface area contributed by atoms with E-state index in [0.29, 0.717) is 25.6 Å². The minimum absolute atomic E-state index is 0. The topological polar surface area (TPSA) is 60.2 Å². The molecular weight excluding hydrogens is 323 g/mol. The zero-order valence-electron chi connectivity index (χ0n) is 11.3. The first-order chi connectivity index (χ1) is 10.0. The van der Waals surface area contributed by atoms with Crippen LogP contribution >= 0.6 is 12.4 Å². The summed E-state index contributed by atoms with van der Waals surface area (Å²) in [7, 11) is 0. The van der Waals surface area contributed by atoms with Crippen molar-refractivity contribution in [3.63, 3.8) is 0 Å². The van der Waals surface area contributed by atoms with E-state index < -0.39 is 11.7 Å². The smallest absolute Gasteiger partial charge is 0.378 e. The number of hydrogen-bond donors (Lipinski definition) is 1. The molecule has 2 heterocycles. The van der Waals surface area contributed by atoms with Gasteiger partial charge < -0.3 is 14.6 Å². The van der Waals surface area contributed by atoms with Crippen molar-refractivity contribution in [1.29, 1.82) is 0 Å².